The molecule has 0 spiro atoms. The van der Waals surface area contributed by atoms with E-state index >= 15 is 0 Å². The van der Waals surface area contributed by atoms with Gasteiger partial charge in [-0.15, -0.1) is 6.42 Å². The number of hydrogen-bond acceptors (Lipinski definition) is 5. The van der Waals surface area contributed by atoms with E-state index < -0.39 is 5.92 Å². The van der Waals surface area contributed by atoms with Crippen LogP contribution in [0.15, 0.2) is 69.5 Å². The molecule has 0 N–H and O–H groups in total. The van der Waals surface area contributed by atoms with E-state index in [1.54, 1.807) is 7.11 Å². The Morgan fingerprint density at radius 1 is 0.897 bits per heavy atom. The van der Waals surface area contributed by atoms with Crippen molar-refractivity contribution in [1.82, 2.24) is 0 Å². The fourth-order valence-corrected chi connectivity index (χ4v) is 6.57. The largest absolute Gasteiger partial charge is 0.493 e. The minimum atomic E-state index is -0.468. The second kappa shape index (κ2) is 10.0. The van der Waals surface area contributed by atoms with Crippen LogP contribution in [-0.2, 0) is 9.59 Å². The van der Waals surface area contributed by atoms with Crippen molar-refractivity contribution in [3.63, 3.8) is 0 Å². The molecule has 1 heterocycles. The van der Waals surface area contributed by atoms with Crippen molar-refractivity contribution < 1.29 is 19.1 Å². The third kappa shape index (κ3) is 5.05. The monoisotopic (exact) mass is 587 g/mol. The van der Waals surface area contributed by atoms with E-state index in [1.165, 1.54) is 0 Å². The fourth-order valence-electron chi connectivity index (χ4n) is 6.30. The summed E-state index contributed by atoms with van der Waals surface area (Å²) in [6.45, 7) is 8.69. The van der Waals surface area contributed by atoms with Crippen LogP contribution >= 0.6 is 15.9 Å². The Hall–Kier alpha value is -3.30. The third-order valence-electron chi connectivity index (χ3n) is 7.83. The SMILES string of the molecule is C#CCOc1ccc(C2C3=C(CC(C)(C)CC3=O)N(c3ccc(Br)cc3)C3=C2C(=O)CC(C)(C)C3)cc1OC. The molecule has 39 heavy (non-hydrogen) atoms. The van der Waals surface area contributed by atoms with Gasteiger partial charge in [0.15, 0.2) is 23.1 Å². The minimum absolute atomic E-state index is 0.0872. The van der Waals surface area contributed by atoms with Crippen molar-refractivity contribution >= 4 is 33.2 Å². The van der Waals surface area contributed by atoms with Gasteiger partial charge in [-0.3, -0.25) is 9.59 Å². The topological polar surface area (TPSA) is 55.8 Å². The Bertz CT molecular complexity index is 1400. The van der Waals surface area contributed by atoms with Crippen molar-refractivity contribution in [3.05, 3.63) is 75.0 Å². The van der Waals surface area contributed by atoms with Gasteiger partial charge in [-0.2, -0.15) is 0 Å². The summed E-state index contributed by atoms with van der Waals surface area (Å²) in [7, 11) is 1.58. The van der Waals surface area contributed by atoms with Crippen LogP contribution in [0.4, 0.5) is 5.69 Å². The van der Waals surface area contributed by atoms with Crippen LogP contribution in [0, 0.1) is 23.2 Å². The molecular weight excluding hydrogens is 554 g/mol. The maximum absolute atomic E-state index is 14.0. The highest BCUT2D eigenvalue weighted by molar-refractivity contribution is 9.10. The zero-order valence-corrected chi connectivity index (χ0v) is 24.8. The van der Waals surface area contributed by atoms with Gasteiger partial charge in [0.05, 0.1) is 7.11 Å². The summed E-state index contributed by atoms with van der Waals surface area (Å²) in [6.07, 6.45) is 7.71. The van der Waals surface area contributed by atoms with Crippen molar-refractivity contribution in [2.75, 3.05) is 18.6 Å². The first-order valence-corrected chi connectivity index (χ1v) is 14.1. The molecular formula is C33H34BrNO4. The summed E-state index contributed by atoms with van der Waals surface area (Å²) in [5.74, 6) is 3.24. The molecule has 0 amide bonds. The number of nitrogens with zero attached hydrogens (tertiary/aromatic N) is 1. The van der Waals surface area contributed by atoms with E-state index in [4.69, 9.17) is 15.9 Å². The van der Waals surface area contributed by atoms with Crippen LogP contribution in [0.25, 0.3) is 0 Å². The molecule has 2 aromatic carbocycles. The van der Waals surface area contributed by atoms with E-state index in [0.29, 0.717) is 35.5 Å². The molecule has 3 aliphatic rings. The first-order valence-electron chi connectivity index (χ1n) is 13.3. The molecule has 0 fully saturated rings. The van der Waals surface area contributed by atoms with Crippen molar-refractivity contribution in [1.29, 1.82) is 0 Å². The number of rotatable bonds is 5. The second-order valence-corrected chi connectivity index (χ2v) is 13.2. The van der Waals surface area contributed by atoms with Gasteiger partial charge in [-0.05, 0) is 65.6 Å². The lowest BCUT2D eigenvalue weighted by atomic mass is 9.63. The lowest BCUT2D eigenvalue weighted by molar-refractivity contribution is -0.119. The van der Waals surface area contributed by atoms with Crippen LogP contribution in [0.3, 0.4) is 0 Å². The highest BCUT2D eigenvalue weighted by Gasteiger charge is 2.49. The van der Waals surface area contributed by atoms with Crippen molar-refractivity contribution in [2.24, 2.45) is 10.8 Å². The predicted octanol–water partition coefficient (Wildman–Crippen LogP) is 7.36. The Kier molecular flexibility index (Phi) is 7.01. The summed E-state index contributed by atoms with van der Waals surface area (Å²) in [5, 5.41) is 0. The number of methoxy groups -OCH3 is 1. The Morgan fingerprint density at radius 2 is 1.46 bits per heavy atom. The molecule has 5 rings (SSSR count). The second-order valence-electron chi connectivity index (χ2n) is 12.3. The zero-order valence-electron chi connectivity index (χ0n) is 23.2. The van der Waals surface area contributed by atoms with Crippen molar-refractivity contribution in [3.8, 4) is 23.8 Å². The number of terminal acetylenes is 1. The van der Waals surface area contributed by atoms with Crippen LogP contribution in [0.5, 0.6) is 11.5 Å². The van der Waals surface area contributed by atoms with E-state index in [2.05, 4.69) is 66.6 Å². The molecule has 1 aliphatic heterocycles. The summed E-state index contributed by atoms with van der Waals surface area (Å²) in [5.41, 5.74) is 4.79. The van der Waals surface area contributed by atoms with Gasteiger partial charge in [0, 0.05) is 51.5 Å². The third-order valence-corrected chi connectivity index (χ3v) is 8.36. The van der Waals surface area contributed by atoms with Crippen LogP contribution in [0.2, 0.25) is 0 Å². The number of ether oxygens (including phenoxy) is 2. The first kappa shape index (κ1) is 27.3. The first-order chi connectivity index (χ1) is 18.4. The van der Waals surface area contributed by atoms with Gasteiger partial charge >= 0.3 is 0 Å². The summed E-state index contributed by atoms with van der Waals surface area (Å²) in [4.78, 5) is 30.3. The zero-order chi connectivity index (χ0) is 28.1. The quantitative estimate of drug-likeness (QED) is 0.342. The number of halogens is 1. The number of anilines is 1. The summed E-state index contributed by atoms with van der Waals surface area (Å²) < 4.78 is 12.3. The molecule has 0 unspecified atom stereocenters. The smallest absolute Gasteiger partial charge is 0.162 e. The Balaban J connectivity index is 1.79. The number of allylic oxidation sites excluding steroid dienone is 4. The fraction of sp³-hybridized carbons (Fsp3) is 0.394. The van der Waals surface area contributed by atoms with Crippen LogP contribution in [-0.4, -0.2) is 25.3 Å². The number of ketones is 2. The standard InChI is InChI=1S/C33H34BrNO4/c1-7-14-39-27-13-8-20(15-28(27)38-6)29-30-23(16-32(2,3)18-25(30)36)35(22-11-9-21(34)10-12-22)24-17-33(4,5)19-26(37)31(24)29/h1,8-13,15,29H,14,16-19H2,2-6H3. The molecule has 0 saturated carbocycles. The summed E-state index contributed by atoms with van der Waals surface area (Å²) >= 11 is 3.55. The van der Waals surface area contributed by atoms with Gasteiger partial charge in [-0.1, -0.05) is 55.6 Å². The maximum atomic E-state index is 14.0. The molecule has 202 valence electrons. The number of hydrogen-bond donors (Lipinski definition) is 0. The van der Waals surface area contributed by atoms with Crippen molar-refractivity contribution in [2.45, 2.75) is 59.3 Å². The molecule has 2 aromatic rings. The predicted molar refractivity (Wildman–Crippen MR) is 157 cm³/mol. The van der Waals surface area contributed by atoms with Crippen LogP contribution in [0.1, 0.15) is 64.9 Å². The number of carbonyl (C=O) groups is 2. The van der Waals surface area contributed by atoms with E-state index in [0.717, 1.165) is 40.0 Å². The minimum Gasteiger partial charge on any atom is -0.493 e. The average molecular weight is 589 g/mol. The molecule has 0 bridgehead atoms. The number of Topliss-reactive ketones (excluding diaryl/α,β-unsaturated/α-hetero) is 2. The van der Waals surface area contributed by atoms with Crippen LogP contribution < -0.4 is 14.4 Å². The van der Waals surface area contributed by atoms with E-state index in [1.807, 2.05) is 30.3 Å². The van der Waals surface area contributed by atoms with Gasteiger partial charge in [0.1, 0.15) is 6.61 Å². The number of carbonyl (C=O) groups excluding carboxylic acids is 2. The molecule has 0 atom stereocenters. The molecule has 0 aromatic heterocycles. The van der Waals surface area contributed by atoms with Gasteiger partial charge in [0.25, 0.3) is 0 Å². The molecule has 6 heteroatoms. The van der Waals surface area contributed by atoms with Gasteiger partial charge in [0.2, 0.25) is 0 Å². The highest BCUT2D eigenvalue weighted by atomic mass is 79.9. The summed E-state index contributed by atoms with van der Waals surface area (Å²) in [6, 6.07) is 13.8. The Labute approximate surface area is 239 Å². The van der Waals surface area contributed by atoms with E-state index in [-0.39, 0.29) is 29.0 Å². The number of benzene rings is 2. The Morgan fingerprint density at radius 3 is 1.97 bits per heavy atom. The molecule has 5 nitrogen and oxygen atoms in total. The molecule has 0 radical (unpaired) electrons. The molecule has 2 aliphatic carbocycles. The lowest BCUT2D eigenvalue weighted by Gasteiger charge is -2.49. The lowest BCUT2D eigenvalue weighted by Crippen LogP contribution is -2.44. The highest BCUT2D eigenvalue weighted by Crippen LogP contribution is 2.56. The maximum Gasteiger partial charge on any atom is 0.162 e. The average Bonchev–Trinajstić information content (AvgIpc) is 2.85. The molecule has 0 saturated heterocycles. The van der Waals surface area contributed by atoms with E-state index in [9.17, 15) is 9.59 Å². The van der Waals surface area contributed by atoms with Gasteiger partial charge < -0.3 is 14.4 Å². The normalized spacial score (nSPS) is 20.4. The van der Waals surface area contributed by atoms with Gasteiger partial charge in [-0.25, -0.2) is 0 Å².